The van der Waals surface area contributed by atoms with Crippen LogP contribution in [0.5, 0.6) is 5.75 Å². The lowest BCUT2D eigenvalue weighted by atomic mass is 10.2. The average molecular weight is 327 g/mol. The highest BCUT2D eigenvalue weighted by Gasteiger charge is 2.17. The molecule has 3 amide bonds. The van der Waals surface area contributed by atoms with Crippen LogP contribution in [-0.4, -0.2) is 24.8 Å². The lowest BCUT2D eigenvalue weighted by molar-refractivity contribution is -0.138. The van der Waals surface area contributed by atoms with Crippen LogP contribution in [0.4, 0.5) is 5.69 Å². The number of carbonyl (C=O) groups excluding carboxylic acids is 3. The number of methoxy groups -OCH3 is 1. The van der Waals surface area contributed by atoms with E-state index in [9.17, 15) is 14.4 Å². The van der Waals surface area contributed by atoms with Gasteiger partial charge in [-0.2, -0.15) is 0 Å². The Bertz CT molecular complexity index is 757. The van der Waals surface area contributed by atoms with Gasteiger partial charge in [0.05, 0.1) is 7.11 Å². The van der Waals surface area contributed by atoms with Crippen molar-refractivity contribution >= 4 is 23.4 Å². The summed E-state index contributed by atoms with van der Waals surface area (Å²) in [5, 5.41) is 4.45. The molecule has 0 aromatic heterocycles. The van der Waals surface area contributed by atoms with Crippen molar-refractivity contribution in [1.29, 1.82) is 0 Å². The van der Waals surface area contributed by atoms with Gasteiger partial charge in [-0.25, -0.2) is 0 Å². The second-order valence-corrected chi connectivity index (χ2v) is 4.90. The summed E-state index contributed by atoms with van der Waals surface area (Å²) in [7, 11) is 1.51. The maximum atomic E-state index is 11.9. The van der Waals surface area contributed by atoms with Crippen LogP contribution in [0.2, 0.25) is 0 Å². The third-order valence-corrected chi connectivity index (χ3v) is 3.24. The Labute approximate surface area is 138 Å². The first-order valence-corrected chi connectivity index (χ1v) is 7.12. The predicted octanol–water partition coefficient (Wildman–Crippen LogP) is 0.850. The molecule has 0 aliphatic heterocycles. The molecule has 0 radical (unpaired) electrons. The first kappa shape index (κ1) is 17.0. The SMILES string of the molecule is COc1ccccc1CNC(=O)C(=O)NC(=O)c1ccc(N)cc1. The van der Waals surface area contributed by atoms with E-state index in [4.69, 9.17) is 10.5 Å². The number of imide groups is 1. The summed E-state index contributed by atoms with van der Waals surface area (Å²) in [6.07, 6.45) is 0. The molecule has 0 heterocycles. The van der Waals surface area contributed by atoms with Gasteiger partial charge in [0.2, 0.25) is 0 Å². The number of nitrogen functional groups attached to an aromatic ring is 1. The van der Waals surface area contributed by atoms with E-state index in [2.05, 4.69) is 5.32 Å². The summed E-state index contributed by atoms with van der Waals surface area (Å²) in [6, 6.07) is 13.1. The maximum Gasteiger partial charge on any atom is 0.316 e. The molecule has 24 heavy (non-hydrogen) atoms. The van der Waals surface area contributed by atoms with Gasteiger partial charge >= 0.3 is 11.8 Å². The third kappa shape index (κ3) is 4.33. The summed E-state index contributed by atoms with van der Waals surface area (Å²) in [4.78, 5) is 35.4. The first-order chi connectivity index (χ1) is 11.5. The van der Waals surface area contributed by atoms with Crippen molar-refractivity contribution in [3.8, 4) is 5.75 Å². The van der Waals surface area contributed by atoms with Crippen LogP contribution in [0.15, 0.2) is 48.5 Å². The molecule has 0 atom stereocenters. The number of anilines is 1. The molecule has 4 N–H and O–H groups in total. The number of nitrogens with two attached hydrogens (primary N) is 1. The van der Waals surface area contributed by atoms with Crippen molar-refractivity contribution in [1.82, 2.24) is 10.6 Å². The number of benzene rings is 2. The van der Waals surface area contributed by atoms with E-state index in [1.807, 2.05) is 5.32 Å². The number of amides is 3. The average Bonchev–Trinajstić information content (AvgIpc) is 2.60. The van der Waals surface area contributed by atoms with Gasteiger partial charge in [-0.3, -0.25) is 19.7 Å². The van der Waals surface area contributed by atoms with Gasteiger partial charge in [-0.15, -0.1) is 0 Å². The fraction of sp³-hybridized carbons (Fsp3) is 0.118. The zero-order valence-corrected chi connectivity index (χ0v) is 13.0. The normalized spacial score (nSPS) is 9.88. The summed E-state index contributed by atoms with van der Waals surface area (Å²) in [5.74, 6) is -2.03. The second-order valence-electron chi connectivity index (χ2n) is 4.90. The third-order valence-electron chi connectivity index (χ3n) is 3.24. The minimum absolute atomic E-state index is 0.103. The molecule has 7 heteroatoms. The lowest BCUT2D eigenvalue weighted by Gasteiger charge is -2.09. The summed E-state index contributed by atoms with van der Waals surface area (Å²) in [5.41, 5.74) is 6.96. The van der Waals surface area contributed by atoms with Gasteiger partial charge in [-0.1, -0.05) is 18.2 Å². The van der Waals surface area contributed by atoms with E-state index in [0.29, 0.717) is 17.0 Å². The van der Waals surface area contributed by atoms with E-state index in [1.54, 1.807) is 24.3 Å². The first-order valence-electron chi connectivity index (χ1n) is 7.12. The molecule has 0 fully saturated rings. The second kappa shape index (κ2) is 7.77. The minimum atomic E-state index is -1.04. The van der Waals surface area contributed by atoms with E-state index in [-0.39, 0.29) is 12.1 Å². The number of rotatable bonds is 4. The summed E-state index contributed by atoms with van der Waals surface area (Å²) in [6.45, 7) is 0.103. The fourth-order valence-electron chi connectivity index (χ4n) is 1.97. The van der Waals surface area contributed by atoms with Crippen LogP contribution >= 0.6 is 0 Å². The molecule has 2 aromatic carbocycles. The van der Waals surface area contributed by atoms with Crippen molar-refractivity contribution in [2.45, 2.75) is 6.54 Å². The molecular weight excluding hydrogens is 310 g/mol. The van der Waals surface area contributed by atoms with Crippen molar-refractivity contribution in [2.75, 3.05) is 12.8 Å². The van der Waals surface area contributed by atoms with Gasteiger partial charge in [0, 0.05) is 23.4 Å². The summed E-state index contributed by atoms with van der Waals surface area (Å²) >= 11 is 0. The van der Waals surface area contributed by atoms with Crippen LogP contribution in [0.3, 0.4) is 0 Å². The van der Waals surface area contributed by atoms with Gasteiger partial charge in [0.15, 0.2) is 0 Å². The molecule has 2 aromatic rings. The zero-order chi connectivity index (χ0) is 17.5. The predicted molar refractivity (Wildman–Crippen MR) is 88.2 cm³/mol. The standard InChI is InChI=1S/C17H17N3O4/c1-24-14-5-3-2-4-12(14)10-19-16(22)17(23)20-15(21)11-6-8-13(18)9-7-11/h2-9H,10,18H2,1H3,(H,19,22)(H,20,21,23). The van der Waals surface area contributed by atoms with Gasteiger partial charge in [-0.05, 0) is 30.3 Å². The molecule has 7 nitrogen and oxygen atoms in total. The highest BCUT2D eigenvalue weighted by atomic mass is 16.5. The lowest BCUT2D eigenvalue weighted by Crippen LogP contribution is -2.42. The van der Waals surface area contributed by atoms with E-state index >= 15 is 0 Å². The monoisotopic (exact) mass is 327 g/mol. The number of hydrogen-bond donors (Lipinski definition) is 3. The molecule has 124 valence electrons. The number of para-hydroxylation sites is 1. The Kier molecular flexibility index (Phi) is 5.51. The van der Waals surface area contributed by atoms with Crippen molar-refractivity contribution in [2.24, 2.45) is 0 Å². The van der Waals surface area contributed by atoms with Crippen molar-refractivity contribution in [3.63, 3.8) is 0 Å². The van der Waals surface area contributed by atoms with Crippen LogP contribution in [-0.2, 0) is 16.1 Å². The highest BCUT2D eigenvalue weighted by Crippen LogP contribution is 2.16. The Balaban J connectivity index is 1.91. The molecule has 0 aliphatic carbocycles. The zero-order valence-electron chi connectivity index (χ0n) is 13.0. The quantitative estimate of drug-likeness (QED) is 0.569. The highest BCUT2D eigenvalue weighted by molar-refractivity contribution is 6.38. The van der Waals surface area contributed by atoms with E-state index in [0.717, 1.165) is 0 Å². The van der Waals surface area contributed by atoms with Crippen LogP contribution in [0, 0.1) is 0 Å². The number of ether oxygens (including phenoxy) is 1. The Morgan fingerprint density at radius 2 is 1.67 bits per heavy atom. The smallest absolute Gasteiger partial charge is 0.316 e. The summed E-state index contributed by atoms with van der Waals surface area (Å²) < 4.78 is 5.15. The van der Waals surface area contributed by atoms with Crippen molar-refractivity contribution < 1.29 is 19.1 Å². The topological polar surface area (TPSA) is 111 Å². The van der Waals surface area contributed by atoms with Crippen LogP contribution < -0.4 is 21.1 Å². The molecule has 0 unspecified atom stereocenters. The van der Waals surface area contributed by atoms with Crippen LogP contribution in [0.1, 0.15) is 15.9 Å². The van der Waals surface area contributed by atoms with Gasteiger partial charge in [0.25, 0.3) is 5.91 Å². The van der Waals surface area contributed by atoms with Crippen LogP contribution in [0.25, 0.3) is 0 Å². The van der Waals surface area contributed by atoms with E-state index < -0.39 is 17.7 Å². The molecule has 0 bridgehead atoms. The Morgan fingerprint density at radius 1 is 1.00 bits per heavy atom. The number of nitrogens with one attached hydrogen (secondary N) is 2. The molecular formula is C17H17N3O4. The van der Waals surface area contributed by atoms with E-state index in [1.165, 1.54) is 31.4 Å². The molecule has 0 saturated heterocycles. The number of hydrogen-bond acceptors (Lipinski definition) is 5. The minimum Gasteiger partial charge on any atom is -0.496 e. The Morgan fingerprint density at radius 3 is 2.33 bits per heavy atom. The maximum absolute atomic E-state index is 11.9. The van der Waals surface area contributed by atoms with Crippen molar-refractivity contribution in [3.05, 3.63) is 59.7 Å². The Hall–Kier alpha value is -3.35. The largest absolute Gasteiger partial charge is 0.496 e. The fourth-order valence-corrected chi connectivity index (χ4v) is 1.97. The number of carbonyl (C=O) groups is 3. The molecule has 0 aliphatic rings. The van der Waals surface area contributed by atoms with Gasteiger partial charge in [0.1, 0.15) is 5.75 Å². The molecule has 0 spiro atoms. The molecule has 2 rings (SSSR count). The van der Waals surface area contributed by atoms with Gasteiger partial charge < -0.3 is 15.8 Å². The molecule has 0 saturated carbocycles.